The Morgan fingerprint density at radius 3 is 3.18 bits per heavy atom. The number of nitrogens with two attached hydrogens (primary N) is 1. The Labute approximate surface area is 105 Å². The van der Waals surface area contributed by atoms with E-state index >= 15 is 0 Å². The lowest BCUT2D eigenvalue weighted by molar-refractivity contribution is 0.00336. The van der Waals surface area contributed by atoms with Crippen LogP contribution in [0, 0.1) is 0 Å². The van der Waals surface area contributed by atoms with Crippen LogP contribution in [-0.4, -0.2) is 47.5 Å². The molecular formula is C11H15N3O2S. The largest absolute Gasteiger partial charge is 0.394 e. The van der Waals surface area contributed by atoms with Crippen LogP contribution in [0.15, 0.2) is 18.2 Å². The van der Waals surface area contributed by atoms with E-state index in [9.17, 15) is 0 Å². The Morgan fingerprint density at radius 1 is 1.65 bits per heavy atom. The van der Waals surface area contributed by atoms with Gasteiger partial charge in [-0.05, 0) is 12.1 Å². The van der Waals surface area contributed by atoms with E-state index in [0.29, 0.717) is 23.8 Å². The molecule has 1 aliphatic heterocycles. The van der Waals surface area contributed by atoms with Crippen LogP contribution in [0.5, 0.6) is 0 Å². The van der Waals surface area contributed by atoms with Crippen molar-refractivity contribution < 1.29 is 9.84 Å². The molecule has 17 heavy (non-hydrogen) atoms. The molecule has 1 saturated heterocycles. The number of ether oxygens (including phenoxy) is 1. The number of nitrogens with zero attached hydrogens (tertiary/aromatic N) is 2. The molecule has 0 bridgehead atoms. The SMILES string of the molecule is NC(=S)c1cccc(N2CCOC(CO)C2)n1. The summed E-state index contributed by atoms with van der Waals surface area (Å²) >= 11 is 4.90. The number of aromatic nitrogens is 1. The molecule has 5 nitrogen and oxygen atoms in total. The molecule has 1 aliphatic rings. The van der Waals surface area contributed by atoms with Gasteiger partial charge in [-0.25, -0.2) is 4.98 Å². The quantitative estimate of drug-likeness (QED) is 0.734. The van der Waals surface area contributed by atoms with Gasteiger partial charge in [-0.15, -0.1) is 0 Å². The third kappa shape index (κ3) is 2.91. The molecule has 1 unspecified atom stereocenters. The van der Waals surface area contributed by atoms with Crippen molar-refractivity contribution in [2.45, 2.75) is 6.10 Å². The highest BCUT2D eigenvalue weighted by Gasteiger charge is 2.20. The second kappa shape index (κ2) is 5.39. The lowest BCUT2D eigenvalue weighted by Crippen LogP contribution is -2.44. The van der Waals surface area contributed by atoms with Crippen LogP contribution in [0.1, 0.15) is 5.69 Å². The second-order valence-corrected chi connectivity index (χ2v) is 4.31. The van der Waals surface area contributed by atoms with Crippen LogP contribution in [0.2, 0.25) is 0 Å². The maximum absolute atomic E-state index is 9.09. The van der Waals surface area contributed by atoms with E-state index in [0.717, 1.165) is 12.4 Å². The lowest BCUT2D eigenvalue weighted by Gasteiger charge is -2.33. The highest BCUT2D eigenvalue weighted by Crippen LogP contribution is 2.15. The molecule has 2 heterocycles. The molecule has 0 radical (unpaired) electrons. The molecule has 1 fully saturated rings. The molecule has 2 rings (SSSR count). The van der Waals surface area contributed by atoms with Crippen LogP contribution in [0.25, 0.3) is 0 Å². The van der Waals surface area contributed by atoms with Gasteiger partial charge < -0.3 is 20.5 Å². The van der Waals surface area contributed by atoms with Crippen LogP contribution >= 0.6 is 12.2 Å². The van der Waals surface area contributed by atoms with E-state index in [-0.39, 0.29) is 12.7 Å². The van der Waals surface area contributed by atoms with Gasteiger partial charge in [0.15, 0.2) is 0 Å². The summed E-state index contributed by atoms with van der Waals surface area (Å²) in [6.07, 6.45) is -0.154. The van der Waals surface area contributed by atoms with Crippen molar-refractivity contribution in [2.75, 3.05) is 31.2 Å². The third-order valence-electron chi connectivity index (χ3n) is 2.65. The molecule has 92 valence electrons. The first-order valence-electron chi connectivity index (χ1n) is 5.45. The van der Waals surface area contributed by atoms with Crippen molar-refractivity contribution in [2.24, 2.45) is 5.73 Å². The summed E-state index contributed by atoms with van der Waals surface area (Å²) in [6.45, 7) is 1.99. The summed E-state index contributed by atoms with van der Waals surface area (Å²) < 4.78 is 5.39. The molecule has 1 atom stereocenters. The van der Waals surface area contributed by atoms with Crippen molar-refractivity contribution in [1.82, 2.24) is 4.98 Å². The minimum Gasteiger partial charge on any atom is -0.394 e. The minimum absolute atomic E-state index is 0.0193. The zero-order valence-electron chi connectivity index (χ0n) is 9.37. The Bertz CT molecular complexity index is 413. The van der Waals surface area contributed by atoms with E-state index in [2.05, 4.69) is 9.88 Å². The zero-order chi connectivity index (χ0) is 12.3. The fourth-order valence-electron chi connectivity index (χ4n) is 1.77. The molecule has 3 N–H and O–H groups in total. The predicted octanol–water partition coefficient (Wildman–Crippen LogP) is -0.0867. The number of aliphatic hydroxyl groups is 1. The van der Waals surface area contributed by atoms with Gasteiger partial charge in [-0.3, -0.25) is 0 Å². The van der Waals surface area contributed by atoms with E-state index in [1.54, 1.807) is 6.07 Å². The van der Waals surface area contributed by atoms with Gasteiger partial charge in [0.2, 0.25) is 0 Å². The zero-order valence-corrected chi connectivity index (χ0v) is 10.2. The average Bonchev–Trinajstić information content (AvgIpc) is 2.39. The van der Waals surface area contributed by atoms with Crippen LogP contribution in [0.4, 0.5) is 5.82 Å². The van der Waals surface area contributed by atoms with Gasteiger partial charge in [0, 0.05) is 13.1 Å². The molecular weight excluding hydrogens is 238 g/mol. The summed E-state index contributed by atoms with van der Waals surface area (Å²) in [5.74, 6) is 0.817. The molecule has 0 amide bonds. The summed E-state index contributed by atoms with van der Waals surface area (Å²) in [4.78, 5) is 6.74. The van der Waals surface area contributed by atoms with Crippen molar-refractivity contribution in [3.63, 3.8) is 0 Å². The first kappa shape index (κ1) is 12.2. The number of pyridine rings is 1. The number of hydrogen-bond donors (Lipinski definition) is 2. The Balaban J connectivity index is 2.16. The topological polar surface area (TPSA) is 71.6 Å². The number of morpholine rings is 1. The van der Waals surface area contributed by atoms with E-state index < -0.39 is 0 Å². The minimum atomic E-state index is -0.154. The molecule has 0 aliphatic carbocycles. The molecule has 0 spiro atoms. The van der Waals surface area contributed by atoms with E-state index in [1.807, 2.05) is 12.1 Å². The van der Waals surface area contributed by atoms with E-state index in [4.69, 9.17) is 27.8 Å². The Morgan fingerprint density at radius 2 is 2.47 bits per heavy atom. The second-order valence-electron chi connectivity index (χ2n) is 3.87. The van der Waals surface area contributed by atoms with Gasteiger partial charge in [-0.2, -0.15) is 0 Å². The monoisotopic (exact) mass is 253 g/mol. The standard InChI is InChI=1S/C11H15N3O2S/c12-11(17)9-2-1-3-10(13-9)14-4-5-16-8(6-14)7-15/h1-3,8,15H,4-7H2,(H2,12,17). The predicted molar refractivity (Wildman–Crippen MR) is 69.2 cm³/mol. The summed E-state index contributed by atoms with van der Waals surface area (Å²) in [6, 6.07) is 5.57. The van der Waals surface area contributed by atoms with Crippen molar-refractivity contribution >= 4 is 23.0 Å². The highest BCUT2D eigenvalue weighted by atomic mass is 32.1. The number of rotatable bonds is 3. The van der Waals surface area contributed by atoms with Gasteiger partial charge in [-0.1, -0.05) is 18.3 Å². The lowest BCUT2D eigenvalue weighted by atomic mass is 10.2. The summed E-state index contributed by atoms with van der Waals surface area (Å²) in [7, 11) is 0. The molecule has 6 heteroatoms. The number of aliphatic hydroxyl groups excluding tert-OH is 1. The normalized spacial score (nSPS) is 20.3. The molecule has 0 aromatic carbocycles. The first-order chi connectivity index (χ1) is 8.20. The maximum Gasteiger partial charge on any atom is 0.129 e. The number of anilines is 1. The first-order valence-corrected chi connectivity index (χ1v) is 5.86. The Hall–Kier alpha value is -1.24. The summed E-state index contributed by atoms with van der Waals surface area (Å²) in [5.41, 5.74) is 6.17. The van der Waals surface area contributed by atoms with Crippen molar-refractivity contribution in [1.29, 1.82) is 0 Å². The summed E-state index contributed by atoms with van der Waals surface area (Å²) in [5, 5.41) is 9.09. The van der Waals surface area contributed by atoms with E-state index in [1.165, 1.54) is 0 Å². The van der Waals surface area contributed by atoms with Gasteiger partial charge in [0.05, 0.1) is 25.0 Å². The smallest absolute Gasteiger partial charge is 0.129 e. The van der Waals surface area contributed by atoms with Crippen LogP contribution < -0.4 is 10.6 Å². The van der Waals surface area contributed by atoms with Gasteiger partial charge >= 0.3 is 0 Å². The number of hydrogen-bond acceptors (Lipinski definition) is 5. The van der Waals surface area contributed by atoms with Crippen LogP contribution in [-0.2, 0) is 4.74 Å². The fourth-order valence-corrected chi connectivity index (χ4v) is 1.89. The molecule has 0 saturated carbocycles. The van der Waals surface area contributed by atoms with Gasteiger partial charge in [0.1, 0.15) is 10.8 Å². The molecule has 1 aromatic rings. The van der Waals surface area contributed by atoms with Crippen LogP contribution in [0.3, 0.4) is 0 Å². The van der Waals surface area contributed by atoms with Crippen molar-refractivity contribution in [3.8, 4) is 0 Å². The maximum atomic E-state index is 9.09. The Kier molecular flexibility index (Phi) is 3.88. The van der Waals surface area contributed by atoms with Crippen molar-refractivity contribution in [3.05, 3.63) is 23.9 Å². The highest BCUT2D eigenvalue weighted by molar-refractivity contribution is 7.80. The molecule has 1 aromatic heterocycles. The third-order valence-corrected chi connectivity index (χ3v) is 2.86. The average molecular weight is 253 g/mol. The number of thiocarbonyl (C=S) groups is 1. The van der Waals surface area contributed by atoms with Gasteiger partial charge in [0.25, 0.3) is 0 Å². The fraction of sp³-hybridized carbons (Fsp3) is 0.455.